The average molecular weight is 318 g/mol. The molecule has 0 spiro atoms. The molecular formula is C17H16ClNO3. The van der Waals surface area contributed by atoms with Gasteiger partial charge >= 0.3 is 0 Å². The standard InChI is InChI=1S/C17H16ClNO3/c1-11(12-6-8-13(18)9-7-12)19-17(20)16-10-21-14-4-2-3-5-15(14)22-16/h2-9,11,16H,10H2,1H3,(H,19,20). The van der Waals surface area contributed by atoms with Crippen molar-refractivity contribution < 1.29 is 14.3 Å². The summed E-state index contributed by atoms with van der Waals surface area (Å²) in [6.45, 7) is 2.12. The fourth-order valence-corrected chi connectivity index (χ4v) is 2.42. The molecule has 1 aliphatic heterocycles. The van der Waals surface area contributed by atoms with Crippen molar-refractivity contribution in [1.82, 2.24) is 5.32 Å². The van der Waals surface area contributed by atoms with Gasteiger partial charge in [0.25, 0.3) is 5.91 Å². The molecule has 2 atom stereocenters. The Hall–Kier alpha value is -2.20. The Balaban J connectivity index is 1.64. The number of nitrogens with one attached hydrogen (secondary N) is 1. The minimum absolute atomic E-state index is 0.134. The molecule has 3 rings (SSSR count). The van der Waals surface area contributed by atoms with Gasteiger partial charge in [0.05, 0.1) is 6.04 Å². The largest absolute Gasteiger partial charge is 0.485 e. The van der Waals surface area contributed by atoms with E-state index in [4.69, 9.17) is 21.1 Å². The first-order chi connectivity index (χ1) is 10.6. The number of hydrogen-bond acceptors (Lipinski definition) is 3. The Morgan fingerprint density at radius 1 is 1.18 bits per heavy atom. The quantitative estimate of drug-likeness (QED) is 0.944. The third-order valence-corrected chi connectivity index (χ3v) is 3.78. The van der Waals surface area contributed by atoms with Gasteiger partial charge in [-0.3, -0.25) is 4.79 Å². The van der Waals surface area contributed by atoms with Gasteiger partial charge in [0.1, 0.15) is 6.61 Å². The highest BCUT2D eigenvalue weighted by molar-refractivity contribution is 6.30. The molecule has 1 amide bonds. The lowest BCUT2D eigenvalue weighted by Gasteiger charge is -2.26. The Morgan fingerprint density at radius 2 is 1.86 bits per heavy atom. The number of halogens is 1. The minimum atomic E-state index is -0.648. The van der Waals surface area contributed by atoms with Crippen molar-refractivity contribution in [1.29, 1.82) is 0 Å². The van der Waals surface area contributed by atoms with Gasteiger partial charge < -0.3 is 14.8 Å². The monoisotopic (exact) mass is 317 g/mol. The predicted octanol–water partition coefficient (Wildman–Crippen LogP) is 3.36. The van der Waals surface area contributed by atoms with Crippen molar-refractivity contribution in [2.24, 2.45) is 0 Å². The predicted molar refractivity (Wildman–Crippen MR) is 84.4 cm³/mol. The highest BCUT2D eigenvalue weighted by Gasteiger charge is 2.28. The summed E-state index contributed by atoms with van der Waals surface area (Å²) in [6, 6.07) is 14.6. The van der Waals surface area contributed by atoms with E-state index in [9.17, 15) is 4.79 Å². The molecule has 2 aromatic carbocycles. The number of fused-ring (bicyclic) bond motifs is 1. The number of ether oxygens (including phenoxy) is 2. The second kappa shape index (κ2) is 6.28. The van der Waals surface area contributed by atoms with E-state index in [2.05, 4.69) is 5.32 Å². The Kier molecular flexibility index (Phi) is 4.20. The fourth-order valence-electron chi connectivity index (χ4n) is 2.29. The number of carbonyl (C=O) groups excluding carboxylic acids is 1. The molecule has 1 heterocycles. The zero-order valence-electron chi connectivity index (χ0n) is 12.1. The molecule has 0 saturated heterocycles. The molecule has 0 aromatic heterocycles. The first-order valence-corrected chi connectivity index (χ1v) is 7.45. The summed E-state index contributed by atoms with van der Waals surface area (Å²) in [4.78, 5) is 12.3. The van der Waals surface area contributed by atoms with Gasteiger partial charge in [0, 0.05) is 5.02 Å². The molecule has 0 bridgehead atoms. The lowest BCUT2D eigenvalue weighted by atomic mass is 10.1. The van der Waals surface area contributed by atoms with Crippen LogP contribution in [0.3, 0.4) is 0 Å². The van der Waals surface area contributed by atoms with Crippen LogP contribution in [-0.4, -0.2) is 18.6 Å². The van der Waals surface area contributed by atoms with Crippen LogP contribution in [0.2, 0.25) is 5.02 Å². The van der Waals surface area contributed by atoms with E-state index >= 15 is 0 Å². The smallest absolute Gasteiger partial charge is 0.265 e. The first kappa shape index (κ1) is 14.7. The van der Waals surface area contributed by atoms with Gasteiger partial charge in [-0.1, -0.05) is 35.9 Å². The van der Waals surface area contributed by atoms with Crippen molar-refractivity contribution >= 4 is 17.5 Å². The van der Waals surface area contributed by atoms with Crippen LogP contribution in [-0.2, 0) is 4.79 Å². The highest BCUT2D eigenvalue weighted by atomic mass is 35.5. The molecule has 2 unspecified atom stereocenters. The van der Waals surface area contributed by atoms with Crippen molar-refractivity contribution in [3.05, 3.63) is 59.1 Å². The Morgan fingerprint density at radius 3 is 2.59 bits per heavy atom. The van der Waals surface area contributed by atoms with Crippen molar-refractivity contribution in [2.75, 3.05) is 6.61 Å². The van der Waals surface area contributed by atoms with Gasteiger partial charge in [-0.05, 0) is 36.8 Å². The SMILES string of the molecule is CC(NC(=O)C1COc2ccccc2O1)c1ccc(Cl)cc1. The molecule has 2 aromatic rings. The molecule has 0 fully saturated rings. The van der Waals surface area contributed by atoms with Crippen LogP contribution in [0.15, 0.2) is 48.5 Å². The van der Waals surface area contributed by atoms with Gasteiger partial charge in [-0.25, -0.2) is 0 Å². The normalized spacial score (nSPS) is 17.6. The summed E-state index contributed by atoms with van der Waals surface area (Å²) in [5, 5.41) is 3.60. The van der Waals surface area contributed by atoms with Crippen LogP contribution < -0.4 is 14.8 Å². The second-order valence-corrected chi connectivity index (χ2v) is 5.58. The number of para-hydroxylation sites is 2. The third-order valence-electron chi connectivity index (χ3n) is 3.53. The van der Waals surface area contributed by atoms with Gasteiger partial charge in [0.2, 0.25) is 6.10 Å². The molecule has 22 heavy (non-hydrogen) atoms. The molecular weight excluding hydrogens is 302 g/mol. The van der Waals surface area contributed by atoms with E-state index in [1.165, 1.54) is 0 Å². The Labute approximate surface area is 134 Å². The third kappa shape index (κ3) is 3.17. The summed E-state index contributed by atoms with van der Waals surface area (Å²) in [5.74, 6) is 1.06. The van der Waals surface area contributed by atoms with Crippen molar-refractivity contribution in [2.45, 2.75) is 19.1 Å². The van der Waals surface area contributed by atoms with Crippen LogP contribution in [0.4, 0.5) is 0 Å². The summed E-state index contributed by atoms with van der Waals surface area (Å²) in [5.41, 5.74) is 0.981. The molecule has 0 saturated carbocycles. The maximum atomic E-state index is 12.3. The number of amides is 1. The van der Waals surface area contributed by atoms with Crippen LogP contribution in [0.5, 0.6) is 11.5 Å². The molecule has 0 radical (unpaired) electrons. The summed E-state index contributed by atoms with van der Waals surface area (Å²) in [7, 11) is 0. The van der Waals surface area contributed by atoms with E-state index < -0.39 is 6.10 Å². The molecule has 5 heteroatoms. The van der Waals surface area contributed by atoms with Crippen LogP contribution in [0.1, 0.15) is 18.5 Å². The molecule has 1 aliphatic rings. The maximum absolute atomic E-state index is 12.3. The Bertz CT molecular complexity index is 672. The summed E-state index contributed by atoms with van der Waals surface area (Å²) >= 11 is 5.87. The number of benzene rings is 2. The highest BCUT2D eigenvalue weighted by Crippen LogP contribution is 2.31. The van der Waals surface area contributed by atoms with Crippen LogP contribution in [0, 0.1) is 0 Å². The second-order valence-electron chi connectivity index (χ2n) is 5.15. The van der Waals surface area contributed by atoms with E-state index in [1.54, 1.807) is 18.2 Å². The van der Waals surface area contributed by atoms with Crippen LogP contribution >= 0.6 is 11.6 Å². The van der Waals surface area contributed by atoms with Gasteiger partial charge in [-0.2, -0.15) is 0 Å². The van der Waals surface area contributed by atoms with E-state index in [1.807, 2.05) is 37.3 Å². The van der Waals surface area contributed by atoms with Crippen molar-refractivity contribution in [3.8, 4) is 11.5 Å². The molecule has 1 N–H and O–H groups in total. The van der Waals surface area contributed by atoms with Gasteiger partial charge in [0.15, 0.2) is 11.5 Å². The minimum Gasteiger partial charge on any atom is -0.485 e. The molecule has 0 aliphatic carbocycles. The number of rotatable bonds is 3. The van der Waals surface area contributed by atoms with E-state index in [-0.39, 0.29) is 18.6 Å². The fraction of sp³-hybridized carbons (Fsp3) is 0.235. The topological polar surface area (TPSA) is 47.6 Å². The zero-order chi connectivity index (χ0) is 15.5. The van der Waals surface area contributed by atoms with Gasteiger partial charge in [-0.15, -0.1) is 0 Å². The van der Waals surface area contributed by atoms with E-state index in [0.717, 1.165) is 5.56 Å². The molecule has 114 valence electrons. The average Bonchev–Trinajstić information content (AvgIpc) is 2.55. The lowest BCUT2D eigenvalue weighted by molar-refractivity contribution is -0.131. The number of hydrogen-bond donors (Lipinski definition) is 1. The summed E-state index contributed by atoms with van der Waals surface area (Å²) in [6.07, 6.45) is -0.648. The van der Waals surface area contributed by atoms with Crippen molar-refractivity contribution in [3.63, 3.8) is 0 Å². The first-order valence-electron chi connectivity index (χ1n) is 7.08. The number of carbonyl (C=O) groups is 1. The summed E-state index contributed by atoms with van der Waals surface area (Å²) < 4.78 is 11.2. The van der Waals surface area contributed by atoms with Crippen LogP contribution in [0.25, 0.3) is 0 Å². The lowest BCUT2D eigenvalue weighted by Crippen LogP contribution is -2.44. The van der Waals surface area contributed by atoms with E-state index in [0.29, 0.717) is 16.5 Å². The maximum Gasteiger partial charge on any atom is 0.265 e. The molecule has 4 nitrogen and oxygen atoms in total. The zero-order valence-corrected chi connectivity index (χ0v) is 12.8.